The molecular weight excluding hydrogens is 278 g/mol. The van der Waals surface area contributed by atoms with Crippen molar-refractivity contribution in [2.75, 3.05) is 7.05 Å². The summed E-state index contributed by atoms with van der Waals surface area (Å²) < 4.78 is 6.69. The average molecular weight is 288 g/mol. The van der Waals surface area contributed by atoms with E-state index in [-0.39, 0.29) is 6.04 Å². The van der Waals surface area contributed by atoms with Gasteiger partial charge in [0.2, 0.25) is 0 Å². The van der Waals surface area contributed by atoms with Crippen LogP contribution in [0.15, 0.2) is 16.9 Å². The van der Waals surface area contributed by atoms with Crippen LogP contribution >= 0.6 is 27.5 Å². The molecule has 7 heteroatoms. The van der Waals surface area contributed by atoms with E-state index < -0.39 is 0 Å². The normalized spacial score (nSPS) is 13.0. The summed E-state index contributed by atoms with van der Waals surface area (Å²) in [6.45, 7) is 0. The molecule has 0 saturated heterocycles. The molecule has 5 nitrogen and oxygen atoms in total. The van der Waals surface area contributed by atoms with Gasteiger partial charge in [-0.05, 0) is 34.5 Å². The Morgan fingerprint density at radius 3 is 2.80 bits per heavy atom. The fourth-order valence-electron chi connectivity index (χ4n) is 1.46. The van der Waals surface area contributed by atoms with E-state index in [0.29, 0.717) is 0 Å². The van der Waals surface area contributed by atoms with E-state index in [9.17, 15) is 0 Å². The van der Waals surface area contributed by atoms with Crippen LogP contribution in [0.2, 0.25) is 0 Å². The minimum Gasteiger partial charge on any atom is -0.307 e. The summed E-state index contributed by atoms with van der Waals surface area (Å²) in [5.41, 5.74) is 1.07. The van der Waals surface area contributed by atoms with Crippen LogP contribution in [0, 0.1) is 0 Å². The van der Waals surface area contributed by atoms with Crippen LogP contribution in [0.4, 0.5) is 0 Å². The van der Waals surface area contributed by atoms with E-state index in [2.05, 4.69) is 35.9 Å². The molecule has 0 aliphatic carbocycles. The summed E-state index contributed by atoms with van der Waals surface area (Å²) in [4.78, 5) is 1.07. The molecule has 0 aliphatic heterocycles. The van der Waals surface area contributed by atoms with Gasteiger partial charge in [-0.1, -0.05) is 4.49 Å². The van der Waals surface area contributed by atoms with Gasteiger partial charge in [0.05, 0.1) is 33.5 Å². The zero-order valence-electron chi connectivity index (χ0n) is 8.31. The van der Waals surface area contributed by atoms with Gasteiger partial charge >= 0.3 is 0 Å². The smallest absolute Gasteiger partial charge is 0.0883 e. The minimum absolute atomic E-state index is 0.0758. The van der Waals surface area contributed by atoms with Gasteiger partial charge < -0.3 is 5.32 Å². The van der Waals surface area contributed by atoms with Crippen molar-refractivity contribution in [1.29, 1.82) is 0 Å². The first-order chi connectivity index (χ1) is 7.24. The number of nitrogens with zero attached hydrogens (tertiary/aromatic N) is 4. The summed E-state index contributed by atoms with van der Waals surface area (Å²) in [5.74, 6) is 0. The van der Waals surface area contributed by atoms with Gasteiger partial charge in [0.25, 0.3) is 0 Å². The van der Waals surface area contributed by atoms with Crippen molar-refractivity contribution >= 4 is 27.5 Å². The Hall–Kier alpha value is -0.790. The van der Waals surface area contributed by atoms with Gasteiger partial charge in [-0.15, -0.1) is 5.10 Å². The van der Waals surface area contributed by atoms with Crippen LogP contribution in [0.3, 0.4) is 0 Å². The van der Waals surface area contributed by atoms with Crippen LogP contribution in [0.5, 0.6) is 0 Å². The third-order valence-electron chi connectivity index (χ3n) is 2.16. The lowest BCUT2D eigenvalue weighted by atomic mass is 10.2. The summed E-state index contributed by atoms with van der Waals surface area (Å²) in [7, 11) is 3.82. The van der Waals surface area contributed by atoms with Crippen molar-refractivity contribution in [3.8, 4) is 0 Å². The second-order valence-electron chi connectivity index (χ2n) is 3.04. The molecule has 2 rings (SSSR count). The first kappa shape index (κ1) is 10.7. The summed E-state index contributed by atoms with van der Waals surface area (Å²) in [6.07, 6.45) is 3.55. The molecule has 2 aromatic heterocycles. The highest BCUT2D eigenvalue weighted by molar-refractivity contribution is 9.10. The molecule has 0 aromatic carbocycles. The molecule has 2 heterocycles. The summed E-state index contributed by atoms with van der Waals surface area (Å²) >= 11 is 4.87. The first-order valence-electron chi connectivity index (χ1n) is 4.36. The van der Waals surface area contributed by atoms with Crippen molar-refractivity contribution in [3.63, 3.8) is 0 Å². The summed E-state index contributed by atoms with van der Waals surface area (Å²) in [5, 5.41) is 11.3. The van der Waals surface area contributed by atoms with Crippen molar-refractivity contribution in [3.05, 3.63) is 27.4 Å². The fraction of sp³-hybridized carbons (Fsp3) is 0.375. The molecule has 0 amide bonds. The highest BCUT2D eigenvalue weighted by Crippen LogP contribution is 2.28. The number of halogens is 1. The van der Waals surface area contributed by atoms with E-state index in [1.807, 2.05) is 18.8 Å². The van der Waals surface area contributed by atoms with Crippen LogP contribution in [-0.2, 0) is 7.05 Å². The highest BCUT2D eigenvalue weighted by atomic mass is 79.9. The molecule has 0 saturated carbocycles. The maximum absolute atomic E-state index is 4.19. The molecule has 0 radical (unpaired) electrons. The van der Waals surface area contributed by atoms with E-state index >= 15 is 0 Å². The number of hydrogen-bond donors (Lipinski definition) is 1. The Labute approximate surface area is 99.8 Å². The number of aryl methyl sites for hydroxylation is 1. The van der Waals surface area contributed by atoms with E-state index in [0.717, 1.165) is 15.0 Å². The maximum atomic E-state index is 4.19. The van der Waals surface area contributed by atoms with Crippen molar-refractivity contribution in [2.24, 2.45) is 7.05 Å². The van der Waals surface area contributed by atoms with Crippen LogP contribution < -0.4 is 5.32 Å². The van der Waals surface area contributed by atoms with Gasteiger partial charge in [0.15, 0.2) is 0 Å². The predicted octanol–water partition coefficient (Wildman–Crippen LogP) is 1.34. The quantitative estimate of drug-likeness (QED) is 0.926. The molecule has 1 atom stereocenters. The Balaban J connectivity index is 2.44. The largest absolute Gasteiger partial charge is 0.307 e. The average Bonchev–Trinajstić information content (AvgIpc) is 2.83. The Kier molecular flexibility index (Phi) is 3.13. The van der Waals surface area contributed by atoms with Gasteiger partial charge in [0, 0.05) is 7.05 Å². The molecule has 80 valence electrons. The van der Waals surface area contributed by atoms with E-state index in [1.165, 1.54) is 11.5 Å². The zero-order valence-corrected chi connectivity index (χ0v) is 10.7. The van der Waals surface area contributed by atoms with Crippen molar-refractivity contribution in [2.45, 2.75) is 6.04 Å². The maximum Gasteiger partial charge on any atom is 0.0883 e. The van der Waals surface area contributed by atoms with Gasteiger partial charge in [-0.2, -0.15) is 5.10 Å². The lowest BCUT2D eigenvalue weighted by molar-refractivity contribution is 0.610. The lowest BCUT2D eigenvalue weighted by Crippen LogP contribution is -2.20. The monoisotopic (exact) mass is 287 g/mol. The SMILES string of the molecule is CNC(c1cnns1)c1c(Br)cnn1C. The van der Waals surface area contributed by atoms with Gasteiger partial charge in [-0.25, -0.2) is 0 Å². The number of rotatable bonds is 3. The minimum atomic E-state index is 0.0758. The topological polar surface area (TPSA) is 55.6 Å². The molecule has 0 fully saturated rings. The third-order valence-corrected chi connectivity index (χ3v) is 3.50. The number of nitrogens with one attached hydrogen (secondary N) is 1. The Morgan fingerprint density at radius 2 is 2.33 bits per heavy atom. The standard InChI is InChI=1S/C8H10BrN5S/c1-10-7(6-4-11-13-15-6)8-5(9)3-12-14(8)2/h3-4,7,10H,1-2H3. The second kappa shape index (κ2) is 4.38. The zero-order chi connectivity index (χ0) is 10.8. The Morgan fingerprint density at radius 1 is 1.53 bits per heavy atom. The van der Waals surface area contributed by atoms with Crippen LogP contribution in [-0.4, -0.2) is 26.4 Å². The van der Waals surface area contributed by atoms with Gasteiger partial charge in [0.1, 0.15) is 0 Å². The lowest BCUT2D eigenvalue weighted by Gasteiger charge is -2.14. The van der Waals surface area contributed by atoms with E-state index in [1.54, 1.807) is 12.4 Å². The molecule has 0 bridgehead atoms. The van der Waals surface area contributed by atoms with Crippen LogP contribution in [0.1, 0.15) is 16.6 Å². The van der Waals surface area contributed by atoms with Crippen LogP contribution in [0.25, 0.3) is 0 Å². The van der Waals surface area contributed by atoms with Crippen molar-refractivity contribution in [1.82, 2.24) is 24.7 Å². The number of aromatic nitrogens is 4. The molecule has 1 N–H and O–H groups in total. The second-order valence-corrected chi connectivity index (χ2v) is 4.71. The summed E-state index contributed by atoms with van der Waals surface area (Å²) in [6, 6.07) is 0.0758. The fourth-order valence-corrected chi connectivity index (χ4v) is 2.66. The molecular formula is C8H10BrN5S. The third kappa shape index (κ3) is 1.95. The Bertz CT molecular complexity index is 418. The molecule has 2 aromatic rings. The predicted molar refractivity (Wildman–Crippen MR) is 61.7 cm³/mol. The molecule has 1 unspecified atom stereocenters. The van der Waals surface area contributed by atoms with Gasteiger partial charge in [-0.3, -0.25) is 4.68 Å². The molecule has 0 spiro atoms. The molecule has 0 aliphatic rings. The molecule has 15 heavy (non-hydrogen) atoms. The first-order valence-corrected chi connectivity index (χ1v) is 5.92. The van der Waals surface area contributed by atoms with E-state index in [4.69, 9.17) is 0 Å². The van der Waals surface area contributed by atoms with Crippen molar-refractivity contribution < 1.29 is 0 Å². The highest BCUT2D eigenvalue weighted by Gasteiger charge is 2.20. The number of hydrogen-bond acceptors (Lipinski definition) is 5.